The highest BCUT2D eigenvalue weighted by Crippen LogP contribution is 2.01. The monoisotopic (exact) mass is 306 g/mol. The number of aliphatic carboxylic acids is 1. The Morgan fingerprint density at radius 3 is 1.91 bits per heavy atom. The summed E-state index contributed by atoms with van der Waals surface area (Å²) in [5.41, 5.74) is 0. The van der Waals surface area contributed by atoms with Crippen molar-refractivity contribution in [1.82, 2.24) is 0 Å². The number of hydrogen-bond acceptors (Lipinski definition) is 3. The first-order valence-corrected chi connectivity index (χ1v) is 7.85. The predicted molar refractivity (Wildman–Crippen MR) is 87.7 cm³/mol. The highest BCUT2D eigenvalue weighted by Gasteiger charge is 2.20. The molecule has 4 heteroatoms. The number of carbonyl (C=O) groups is 3. The number of hydrogen-bond donors (Lipinski definition) is 1. The molecule has 0 saturated heterocycles. The Kier molecular flexibility index (Phi) is 12.7. The van der Waals surface area contributed by atoms with Crippen LogP contribution in [-0.4, -0.2) is 22.6 Å². The molecule has 1 N–H and O–H groups in total. The van der Waals surface area contributed by atoms with E-state index in [1.807, 2.05) is 12.2 Å². The average molecular weight is 306 g/mol. The van der Waals surface area contributed by atoms with Crippen LogP contribution in [0.1, 0.15) is 58.3 Å². The molecule has 0 rings (SSSR count). The van der Waals surface area contributed by atoms with E-state index in [0.29, 0.717) is 6.42 Å². The molecule has 0 aromatic rings. The average Bonchev–Trinajstić information content (AvgIpc) is 2.50. The Bertz CT molecular complexity index is 430. The van der Waals surface area contributed by atoms with Crippen LogP contribution in [-0.2, 0) is 14.4 Å². The van der Waals surface area contributed by atoms with E-state index in [4.69, 9.17) is 5.11 Å². The third kappa shape index (κ3) is 11.8. The third-order valence-electron chi connectivity index (χ3n) is 3.00. The van der Waals surface area contributed by atoms with Crippen LogP contribution in [0.15, 0.2) is 36.5 Å². The molecule has 0 atom stereocenters. The topological polar surface area (TPSA) is 71.4 Å². The highest BCUT2D eigenvalue weighted by atomic mass is 16.4. The van der Waals surface area contributed by atoms with Crippen LogP contribution in [0.25, 0.3) is 0 Å². The molecule has 0 bridgehead atoms. The number of allylic oxidation sites excluding steroid dienone is 6. The van der Waals surface area contributed by atoms with Gasteiger partial charge in [-0.15, -0.1) is 0 Å². The van der Waals surface area contributed by atoms with Crippen molar-refractivity contribution in [2.45, 2.75) is 58.3 Å². The van der Waals surface area contributed by atoms with E-state index >= 15 is 0 Å². The van der Waals surface area contributed by atoms with Crippen molar-refractivity contribution in [3.05, 3.63) is 36.5 Å². The van der Waals surface area contributed by atoms with Crippen LogP contribution < -0.4 is 0 Å². The number of carboxylic acid groups (broad SMARTS) is 1. The Hall–Kier alpha value is -1.97. The van der Waals surface area contributed by atoms with Crippen LogP contribution in [0.2, 0.25) is 0 Å². The van der Waals surface area contributed by atoms with E-state index in [-0.39, 0.29) is 6.42 Å². The maximum Gasteiger partial charge on any atom is 0.380 e. The number of ketones is 2. The second-order valence-electron chi connectivity index (χ2n) is 4.98. The lowest BCUT2D eigenvalue weighted by atomic mass is 10.1. The minimum atomic E-state index is -1.68. The van der Waals surface area contributed by atoms with Gasteiger partial charge >= 0.3 is 11.8 Å². The Morgan fingerprint density at radius 2 is 1.36 bits per heavy atom. The van der Waals surface area contributed by atoms with Crippen LogP contribution in [0.5, 0.6) is 0 Å². The van der Waals surface area contributed by atoms with E-state index in [9.17, 15) is 14.4 Å². The zero-order valence-corrected chi connectivity index (χ0v) is 13.3. The van der Waals surface area contributed by atoms with Gasteiger partial charge in [0.1, 0.15) is 0 Å². The van der Waals surface area contributed by atoms with Gasteiger partial charge < -0.3 is 5.11 Å². The van der Waals surface area contributed by atoms with Gasteiger partial charge in [0, 0.05) is 6.42 Å². The summed E-state index contributed by atoms with van der Waals surface area (Å²) in [6.45, 7) is 2.19. The summed E-state index contributed by atoms with van der Waals surface area (Å²) in [6, 6.07) is 0. The molecule has 0 aromatic carbocycles. The first-order valence-electron chi connectivity index (χ1n) is 7.85. The van der Waals surface area contributed by atoms with Gasteiger partial charge in [0.05, 0.1) is 0 Å². The summed E-state index contributed by atoms with van der Waals surface area (Å²) in [6.07, 6.45) is 19.1. The molecular weight excluding hydrogens is 280 g/mol. The first kappa shape index (κ1) is 20.0. The SMILES string of the molecule is CCCCC/C=C\C/C=C\C/C=C\CCC(=O)C(=O)C(=O)O. The molecular formula is C18H26O4. The molecule has 0 aliphatic rings. The first-order chi connectivity index (χ1) is 10.6. The van der Waals surface area contributed by atoms with Gasteiger partial charge in [-0.2, -0.15) is 0 Å². The van der Waals surface area contributed by atoms with E-state index < -0.39 is 17.5 Å². The zero-order valence-electron chi connectivity index (χ0n) is 13.3. The van der Waals surface area contributed by atoms with Crippen LogP contribution in [0, 0.1) is 0 Å². The summed E-state index contributed by atoms with van der Waals surface area (Å²) >= 11 is 0. The second-order valence-corrected chi connectivity index (χ2v) is 4.98. The molecule has 22 heavy (non-hydrogen) atoms. The lowest BCUT2D eigenvalue weighted by Gasteiger charge is -1.92. The molecule has 0 aliphatic heterocycles. The van der Waals surface area contributed by atoms with Gasteiger partial charge in [0.2, 0.25) is 5.78 Å². The smallest absolute Gasteiger partial charge is 0.380 e. The second kappa shape index (κ2) is 14.0. The molecule has 0 fully saturated rings. The van der Waals surface area contributed by atoms with E-state index in [2.05, 4.69) is 25.2 Å². The van der Waals surface area contributed by atoms with E-state index in [0.717, 1.165) is 19.3 Å². The van der Waals surface area contributed by atoms with E-state index in [1.54, 1.807) is 6.08 Å². The van der Waals surface area contributed by atoms with Crippen molar-refractivity contribution in [2.75, 3.05) is 0 Å². The van der Waals surface area contributed by atoms with E-state index in [1.165, 1.54) is 19.3 Å². The van der Waals surface area contributed by atoms with Gasteiger partial charge in [-0.1, -0.05) is 56.2 Å². The fraction of sp³-hybridized carbons (Fsp3) is 0.500. The standard InChI is InChI=1S/C18H26O4/c1-2-3-4-5-6-7-8-9-10-11-12-13-14-15-16(19)17(20)18(21)22/h6-7,9-10,12-13H,2-5,8,11,14-15H2,1H3,(H,21,22)/b7-6-,10-9-,13-12-. The fourth-order valence-corrected chi connectivity index (χ4v) is 1.74. The van der Waals surface area contributed by atoms with Crippen LogP contribution in [0.3, 0.4) is 0 Å². The van der Waals surface area contributed by atoms with Crippen molar-refractivity contribution >= 4 is 17.5 Å². The number of unbranched alkanes of at least 4 members (excludes halogenated alkanes) is 3. The van der Waals surface area contributed by atoms with Crippen molar-refractivity contribution < 1.29 is 19.5 Å². The molecule has 4 nitrogen and oxygen atoms in total. The number of carboxylic acids is 1. The van der Waals surface area contributed by atoms with Gasteiger partial charge in [-0.25, -0.2) is 4.79 Å². The molecule has 0 spiro atoms. The largest absolute Gasteiger partial charge is 0.475 e. The van der Waals surface area contributed by atoms with Crippen molar-refractivity contribution in [2.24, 2.45) is 0 Å². The molecule has 0 amide bonds. The summed E-state index contributed by atoms with van der Waals surface area (Å²) in [4.78, 5) is 32.2. The fourth-order valence-electron chi connectivity index (χ4n) is 1.74. The lowest BCUT2D eigenvalue weighted by Crippen LogP contribution is -2.22. The predicted octanol–water partition coefficient (Wildman–Crippen LogP) is 4.02. The summed E-state index contributed by atoms with van der Waals surface area (Å²) in [7, 11) is 0. The lowest BCUT2D eigenvalue weighted by molar-refractivity contribution is -0.152. The normalized spacial score (nSPS) is 11.7. The molecule has 0 heterocycles. The van der Waals surface area contributed by atoms with Gasteiger partial charge in [0.15, 0.2) is 0 Å². The van der Waals surface area contributed by atoms with Crippen molar-refractivity contribution in [3.63, 3.8) is 0 Å². The summed E-state index contributed by atoms with van der Waals surface area (Å²) in [5, 5.41) is 8.35. The quantitative estimate of drug-likeness (QED) is 0.241. The molecule has 0 aromatic heterocycles. The van der Waals surface area contributed by atoms with Gasteiger partial charge in [-0.3, -0.25) is 9.59 Å². The maximum absolute atomic E-state index is 11.1. The third-order valence-corrected chi connectivity index (χ3v) is 3.00. The molecule has 0 saturated carbocycles. The Balaban J connectivity index is 3.62. The van der Waals surface area contributed by atoms with Crippen molar-refractivity contribution in [3.8, 4) is 0 Å². The molecule has 0 aliphatic carbocycles. The van der Waals surface area contributed by atoms with Crippen LogP contribution in [0.4, 0.5) is 0 Å². The Morgan fingerprint density at radius 1 is 0.818 bits per heavy atom. The van der Waals surface area contributed by atoms with Crippen molar-refractivity contribution in [1.29, 1.82) is 0 Å². The minimum Gasteiger partial charge on any atom is -0.475 e. The summed E-state index contributed by atoms with van der Waals surface area (Å²) in [5.74, 6) is -3.86. The zero-order chi connectivity index (χ0) is 16.6. The van der Waals surface area contributed by atoms with Gasteiger partial charge in [-0.05, 0) is 32.1 Å². The van der Waals surface area contributed by atoms with Crippen LogP contribution >= 0.6 is 0 Å². The summed E-state index contributed by atoms with van der Waals surface area (Å²) < 4.78 is 0. The maximum atomic E-state index is 11.1. The number of carbonyl (C=O) groups excluding carboxylic acids is 2. The minimum absolute atomic E-state index is 0.0498. The van der Waals surface area contributed by atoms with Gasteiger partial charge in [0.25, 0.3) is 0 Å². The molecule has 122 valence electrons. The number of Topliss-reactive ketones (excluding diaryl/α,β-unsaturated/α-hetero) is 2. The number of rotatable bonds is 13. The molecule has 0 unspecified atom stereocenters. The Labute approximate surface area is 132 Å². The molecule has 0 radical (unpaired) electrons. The highest BCUT2D eigenvalue weighted by molar-refractivity contribution is 6.61.